The standard InChI is InChI=1S/C27H3F45/c28-7(29,10(34,35)13(40,41)16(46,47)19(52,53)22(58,59)25(64,65)66)4-1-2-5(8(30,31)11(36,37)14(42,43)17(48,49)20(54,55)23(60,61)26(67,68)69)6(3-4)9(32,33)12(38,39)15(44,45)18(50,51)21(56,57)24(62,63)27(70,71)72/h1-3H. The zero-order valence-corrected chi connectivity index (χ0v) is 30.7. The number of hydrogen-bond donors (Lipinski definition) is 0. The minimum absolute atomic E-state index is 2.64. The minimum atomic E-state index is -10.0. The summed E-state index contributed by atoms with van der Waals surface area (Å²) in [6.45, 7) is 0. The van der Waals surface area contributed by atoms with E-state index in [1.165, 1.54) is 0 Å². The number of hydrogen-bond acceptors (Lipinski definition) is 0. The number of alkyl halides is 45. The average Bonchev–Trinajstić information content (AvgIpc) is 3.14. The largest absolute Gasteiger partial charge is 0.460 e. The lowest BCUT2D eigenvalue weighted by molar-refractivity contribution is -0.455. The molecule has 0 fully saturated rings. The molecule has 0 heterocycles. The number of benzene rings is 1. The van der Waals surface area contributed by atoms with Gasteiger partial charge in [0.05, 0.1) is 0 Å². The summed E-state index contributed by atoms with van der Waals surface area (Å²) in [5.74, 6) is -172. The molecule has 0 saturated carbocycles. The highest BCUT2D eigenvalue weighted by molar-refractivity contribution is 5.44. The summed E-state index contributed by atoms with van der Waals surface area (Å²) in [6, 6.07) is -9.17. The van der Waals surface area contributed by atoms with Crippen LogP contribution in [0, 0.1) is 0 Å². The van der Waals surface area contributed by atoms with E-state index in [4.69, 9.17) is 0 Å². The van der Waals surface area contributed by atoms with Crippen LogP contribution in [0.4, 0.5) is 198 Å². The molecule has 1 aromatic carbocycles. The van der Waals surface area contributed by atoms with E-state index in [9.17, 15) is 180 Å². The Labute approximate surface area is 359 Å². The molecule has 0 aliphatic heterocycles. The summed E-state index contributed by atoms with van der Waals surface area (Å²) in [4.78, 5) is 0. The Bertz CT molecular complexity index is 2130. The van der Waals surface area contributed by atoms with Gasteiger partial charge in [0.1, 0.15) is 0 Å². The Morgan fingerprint density at radius 2 is 0.333 bits per heavy atom. The first-order valence-electron chi connectivity index (χ1n) is 15.5. The first-order valence-corrected chi connectivity index (χ1v) is 15.5. The third-order valence-corrected chi connectivity index (χ3v) is 9.04. The second kappa shape index (κ2) is 16.3. The van der Waals surface area contributed by atoms with Gasteiger partial charge in [0.25, 0.3) is 0 Å². The second-order valence-corrected chi connectivity index (χ2v) is 13.6. The van der Waals surface area contributed by atoms with E-state index >= 15 is 17.6 Å². The molecule has 0 atom stereocenters. The zero-order chi connectivity index (χ0) is 59.4. The van der Waals surface area contributed by atoms with Crippen LogP contribution in [-0.2, 0) is 17.8 Å². The maximum Gasteiger partial charge on any atom is 0.460 e. The molecule has 1 aromatic rings. The minimum Gasteiger partial charge on any atom is -0.194 e. The van der Waals surface area contributed by atoms with Crippen LogP contribution in [0.1, 0.15) is 16.7 Å². The van der Waals surface area contributed by atoms with Gasteiger partial charge in [0.2, 0.25) is 0 Å². The van der Waals surface area contributed by atoms with E-state index in [0.29, 0.717) is 0 Å². The van der Waals surface area contributed by atoms with E-state index in [1.807, 2.05) is 0 Å². The molecule has 45 heteroatoms. The highest BCUT2D eigenvalue weighted by atomic mass is 19.5. The van der Waals surface area contributed by atoms with Crippen LogP contribution in [0.2, 0.25) is 0 Å². The van der Waals surface area contributed by atoms with Gasteiger partial charge in [0, 0.05) is 16.7 Å². The van der Waals surface area contributed by atoms with Crippen molar-refractivity contribution in [3.63, 3.8) is 0 Å². The number of halogens is 45. The van der Waals surface area contributed by atoms with Crippen molar-refractivity contribution in [1.29, 1.82) is 0 Å². The van der Waals surface area contributed by atoms with Crippen molar-refractivity contribution in [2.45, 2.75) is 125 Å². The SMILES string of the molecule is FC(F)(F)C(F)(F)C(F)(F)C(F)(F)C(F)(F)C(F)(F)C(F)(F)c1ccc(C(F)(F)C(F)(F)C(F)(F)C(F)(F)C(F)(F)C(F)(F)C(F)(F)F)c(C(F)(F)C(F)(F)C(F)(F)C(F)(F)C(F)(F)C(F)(F)C(F)(F)F)c1. The van der Waals surface area contributed by atoms with Gasteiger partial charge in [-0.1, -0.05) is 12.1 Å². The Morgan fingerprint density at radius 1 is 0.167 bits per heavy atom. The lowest BCUT2D eigenvalue weighted by Crippen LogP contribution is -2.72. The third kappa shape index (κ3) is 7.83. The second-order valence-electron chi connectivity index (χ2n) is 13.6. The lowest BCUT2D eigenvalue weighted by Gasteiger charge is -2.43. The summed E-state index contributed by atoms with van der Waals surface area (Å²) in [5.41, 5.74) is -16.6. The molecule has 0 aliphatic rings. The van der Waals surface area contributed by atoms with Crippen LogP contribution in [0.5, 0.6) is 0 Å². The summed E-state index contributed by atoms with van der Waals surface area (Å²) in [6.07, 6.45) is -25.6. The molecular formula is C27H3F45. The van der Waals surface area contributed by atoms with Gasteiger partial charge in [-0.05, 0) is 6.07 Å². The molecule has 0 nitrogen and oxygen atoms in total. The van der Waals surface area contributed by atoms with E-state index < -0.39 is 160 Å². The normalized spacial score (nSPS) is 17.0. The fourth-order valence-corrected chi connectivity index (χ4v) is 4.69. The van der Waals surface area contributed by atoms with Crippen molar-refractivity contribution >= 4 is 0 Å². The predicted octanol–water partition coefficient (Wildman–Crippen LogP) is 16.2. The molecule has 1 rings (SSSR count). The maximum atomic E-state index is 15.3. The van der Waals surface area contributed by atoms with Gasteiger partial charge in [0.15, 0.2) is 0 Å². The molecule has 0 radical (unpaired) electrons. The monoisotopic (exact) mass is 1180 g/mol. The number of rotatable bonds is 18. The van der Waals surface area contributed by atoms with Crippen LogP contribution in [-0.4, -0.2) is 107 Å². The molecule has 0 unspecified atom stereocenters. The highest BCUT2D eigenvalue weighted by Crippen LogP contribution is 2.69. The lowest BCUT2D eigenvalue weighted by atomic mass is 9.81. The summed E-state index contributed by atoms with van der Waals surface area (Å²) < 4.78 is 620. The van der Waals surface area contributed by atoms with Crippen LogP contribution in [0.3, 0.4) is 0 Å². The van der Waals surface area contributed by atoms with Gasteiger partial charge in [-0.2, -0.15) is 198 Å². The Kier molecular flexibility index (Phi) is 15.0. The van der Waals surface area contributed by atoms with Crippen molar-refractivity contribution in [3.05, 3.63) is 34.9 Å². The summed E-state index contributed by atoms with van der Waals surface area (Å²) >= 11 is 0. The smallest absolute Gasteiger partial charge is 0.194 e. The van der Waals surface area contributed by atoms with Crippen molar-refractivity contribution in [1.82, 2.24) is 0 Å². The molecule has 0 saturated heterocycles. The van der Waals surface area contributed by atoms with Gasteiger partial charge >= 0.3 is 125 Å². The van der Waals surface area contributed by atoms with E-state index in [0.717, 1.165) is 0 Å². The third-order valence-electron chi connectivity index (χ3n) is 9.04. The quantitative estimate of drug-likeness (QED) is 0.129. The summed E-state index contributed by atoms with van der Waals surface area (Å²) in [7, 11) is 0. The first kappa shape index (κ1) is 66.1. The van der Waals surface area contributed by atoms with E-state index in [2.05, 4.69) is 0 Å². The average molecular weight is 1180 g/mol. The molecule has 0 spiro atoms. The van der Waals surface area contributed by atoms with Gasteiger partial charge in [-0.3, -0.25) is 0 Å². The molecule has 0 aliphatic carbocycles. The van der Waals surface area contributed by atoms with Gasteiger partial charge in [-0.15, -0.1) is 0 Å². The predicted molar refractivity (Wildman–Crippen MR) is 130 cm³/mol. The van der Waals surface area contributed by atoms with Crippen molar-refractivity contribution in [2.24, 2.45) is 0 Å². The zero-order valence-electron chi connectivity index (χ0n) is 30.7. The van der Waals surface area contributed by atoms with Gasteiger partial charge in [-0.25, -0.2) is 0 Å². The maximum absolute atomic E-state index is 15.3. The molecule has 0 N–H and O–H groups in total. The Hall–Kier alpha value is -3.93. The van der Waals surface area contributed by atoms with Crippen LogP contribution in [0.15, 0.2) is 18.2 Å². The van der Waals surface area contributed by atoms with Crippen LogP contribution in [0.25, 0.3) is 0 Å². The molecule has 72 heavy (non-hydrogen) atoms. The van der Waals surface area contributed by atoms with Crippen molar-refractivity contribution in [3.8, 4) is 0 Å². The van der Waals surface area contributed by atoms with Crippen molar-refractivity contribution < 1.29 is 198 Å². The first-order chi connectivity index (χ1) is 30.3. The molecular weight excluding hydrogens is 1180 g/mol. The van der Waals surface area contributed by atoms with Crippen molar-refractivity contribution in [2.75, 3.05) is 0 Å². The van der Waals surface area contributed by atoms with E-state index in [-0.39, 0.29) is 0 Å². The van der Waals surface area contributed by atoms with Gasteiger partial charge < -0.3 is 0 Å². The molecule has 0 aromatic heterocycles. The van der Waals surface area contributed by atoms with Crippen LogP contribution >= 0.6 is 0 Å². The molecule has 426 valence electrons. The Balaban J connectivity index is 4.91. The topological polar surface area (TPSA) is 0 Å². The van der Waals surface area contributed by atoms with Crippen LogP contribution < -0.4 is 0 Å². The summed E-state index contributed by atoms with van der Waals surface area (Å²) in [5, 5.41) is 0. The Morgan fingerprint density at radius 3 is 0.542 bits per heavy atom. The highest BCUT2D eigenvalue weighted by Gasteiger charge is 2.97. The fourth-order valence-electron chi connectivity index (χ4n) is 4.69. The fraction of sp³-hybridized carbons (Fsp3) is 0.778. The molecule has 0 bridgehead atoms. The molecule has 0 amide bonds. The van der Waals surface area contributed by atoms with E-state index in [1.54, 1.807) is 0 Å².